The van der Waals surface area contributed by atoms with Crippen molar-refractivity contribution in [2.24, 2.45) is 0 Å². The van der Waals surface area contributed by atoms with Crippen LogP contribution in [-0.4, -0.2) is 51.9 Å². The lowest BCUT2D eigenvalue weighted by Gasteiger charge is -2.33. The fraction of sp³-hybridized carbons (Fsp3) is 0.286. The van der Waals surface area contributed by atoms with E-state index in [9.17, 15) is 18.0 Å². The van der Waals surface area contributed by atoms with E-state index in [4.69, 9.17) is 4.74 Å². The van der Waals surface area contributed by atoms with Crippen molar-refractivity contribution in [3.8, 4) is 5.75 Å². The fourth-order valence-corrected chi connectivity index (χ4v) is 5.71. The summed E-state index contributed by atoms with van der Waals surface area (Å²) in [6, 6.07) is 19.6. The van der Waals surface area contributed by atoms with E-state index in [0.29, 0.717) is 17.9 Å². The van der Waals surface area contributed by atoms with Gasteiger partial charge in [0.15, 0.2) is 0 Å². The molecule has 0 aliphatic heterocycles. The number of halogens is 1. The van der Waals surface area contributed by atoms with Crippen molar-refractivity contribution >= 4 is 43.5 Å². The van der Waals surface area contributed by atoms with Crippen LogP contribution in [0.4, 0.5) is 5.69 Å². The van der Waals surface area contributed by atoms with Crippen LogP contribution < -0.4 is 14.4 Å². The average molecular weight is 603 g/mol. The Labute approximate surface area is 232 Å². The highest BCUT2D eigenvalue weighted by Crippen LogP contribution is 2.27. The Morgan fingerprint density at radius 3 is 2.26 bits per heavy atom. The lowest BCUT2D eigenvalue weighted by atomic mass is 10.1. The molecule has 0 saturated heterocycles. The molecule has 0 fully saturated rings. The number of aryl methyl sites for hydroxylation is 1. The van der Waals surface area contributed by atoms with E-state index in [-0.39, 0.29) is 17.3 Å². The molecule has 0 aliphatic rings. The van der Waals surface area contributed by atoms with Crippen LogP contribution in [0.3, 0.4) is 0 Å². The first kappa shape index (κ1) is 29.2. The number of carbonyl (C=O) groups is 2. The second-order valence-electron chi connectivity index (χ2n) is 8.71. The molecule has 38 heavy (non-hydrogen) atoms. The van der Waals surface area contributed by atoms with Crippen LogP contribution in [0, 0.1) is 6.92 Å². The molecular formula is C28H32BrN3O5S. The van der Waals surface area contributed by atoms with Gasteiger partial charge in [-0.2, -0.15) is 0 Å². The number of methoxy groups -OCH3 is 1. The Bertz CT molecular complexity index is 1360. The van der Waals surface area contributed by atoms with Gasteiger partial charge in [0.2, 0.25) is 11.8 Å². The minimum absolute atomic E-state index is 0.0662. The monoisotopic (exact) mass is 601 g/mol. The summed E-state index contributed by atoms with van der Waals surface area (Å²) in [7, 11) is -1.05. The smallest absolute Gasteiger partial charge is 0.264 e. The van der Waals surface area contributed by atoms with Gasteiger partial charge in [0.1, 0.15) is 18.3 Å². The molecular weight excluding hydrogens is 570 g/mol. The van der Waals surface area contributed by atoms with Crippen LogP contribution in [0.1, 0.15) is 24.5 Å². The summed E-state index contributed by atoms with van der Waals surface area (Å²) in [4.78, 5) is 28.2. The molecule has 0 heterocycles. The SMILES string of the molecule is CC[C@H](C(=O)NC)N(Cc1cccc(OC)c1)C(=O)CN(c1ccc(Br)cc1)S(=O)(=O)c1ccc(C)cc1. The molecule has 202 valence electrons. The van der Waals surface area contributed by atoms with Gasteiger partial charge in [0.25, 0.3) is 10.0 Å². The van der Waals surface area contributed by atoms with Crippen LogP contribution in [-0.2, 0) is 26.2 Å². The molecule has 0 unspecified atom stereocenters. The van der Waals surface area contributed by atoms with E-state index in [1.54, 1.807) is 68.6 Å². The molecule has 10 heteroatoms. The van der Waals surface area contributed by atoms with E-state index < -0.39 is 28.5 Å². The number of amides is 2. The van der Waals surface area contributed by atoms with E-state index in [1.807, 2.05) is 13.0 Å². The van der Waals surface area contributed by atoms with Gasteiger partial charge in [-0.25, -0.2) is 8.42 Å². The summed E-state index contributed by atoms with van der Waals surface area (Å²) in [5, 5.41) is 2.62. The number of carbonyl (C=O) groups excluding carboxylic acids is 2. The van der Waals surface area contributed by atoms with E-state index in [2.05, 4.69) is 21.2 Å². The van der Waals surface area contributed by atoms with Gasteiger partial charge < -0.3 is 15.0 Å². The zero-order valence-corrected chi connectivity index (χ0v) is 24.3. The van der Waals surface area contributed by atoms with Crippen LogP contribution in [0.5, 0.6) is 5.75 Å². The fourth-order valence-electron chi connectivity index (χ4n) is 4.03. The van der Waals surface area contributed by atoms with Crippen LogP contribution in [0.2, 0.25) is 0 Å². The summed E-state index contributed by atoms with van der Waals surface area (Å²) in [6.07, 6.45) is 0.346. The number of nitrogens with one attached hydrogen (secondary N) is 1. The number of ether oxygens (including phenoxy) is 1. The molecule has 0 aromatic heterocycles. The topological polar surface area (TPSA) is 96.0 Å². The number of hydrogen-bond donors (Lipinski definition) is 1. The molecule has 0 radical (unpaired) electrons. The lowest BCUT2D eigenvalue weighted by Crippen LogP contribution is -2.51. The Balaban J connectivity index is 2.05. The molecule has 0 bridgehead atoms. The minimum Gasteiger partial charge on any atom is -0.497 e. The molecule has 0 spiro atoms. The van der Waals surface area contributed by atoms with Crippen molar-refractivity contribution < 1.29 is 22.7 Å². The Morgan fingerprint density at radius 1 is 1.03 bits per heavy atom. The van der Waals surface area contributed by atoms with Gasteiger partial charge in [-0.15, -0.1) is 0 Å². The van der Waals surface area contributed by atoms with E-state index in [1.165, 1.54) is 24.1 Å². The standard InChI is InChI=1S/C28H32BrN3O5S/c1-5-26(28(34)30-3)31(18-21-7-6-8-24(17-21)37-4)27(33)19-32(23-13-11-22(29)12-14-23)38(35,36)25-15-9-20(2)10-16-25/h6-17,26H,5,18-19H2,1-4H3,(H,30,34)/t26-/m1/s1. The zero-order chi connectivity index (χ0) is 27.9. The minimum atomic E-state index is -4.10. The largest absolute Gasteiger partial charge is 0.497 e. The number of anilines is 1. The van der Waals surface area contributed by atoms with Gasteiger partial charge >= 0.3 is 0 Å². The van der Waals surface area contributed by atoms with Crippen molar-refractivity contribution in [3.05, 3.63) is 88.4 Å². The highest BCUT2D eigenvalue weighted by Gasteiger charge is 2.33. The number of likely N-dealkylation sites (N-methyl/N-ethyl adjacent to an activating group) is 1. The first-order valence-corrected chi connectivity index (χ1v) is 14.3. The Morgan fingerprint density at radius 2 is 1.68 bits per heavy atom. The number of rotatable bonds is 11. The summed E-state index contributed by atoms with van der Waals surface area (Å²) < 4.78 is 34.8. The highest BCUT2D eigenvalue weighted by atomic mass is 79.9. The van der Waals surface area contributed by atoms with Crippen molar-refractivity contribution in [1.82, 2.24) is 10.2 Å². The van der Waals surface area contributed by atoms with Gasteiger partial charge in [0, 0.05) is 18.1 Å². The maximum absolute atomic E-state index is 13.9. The number of benzene rings is 3. The van der Waals surface area contributed by atoms with Gasteiger partial charge in [-0.05, 0) is 67.4 Å². The molecule has 3 aromatic carbocycles. The van der Waals surface area contributed by atoms with Gasteiger partial charge in [0.05, 0.1) is 17.7 Å². The number of nitrogens with zero attached hydrogens (tertiary/aromatic N) is 2. The predicted octanol–water partition coefficient (Wildman–Crippen LogP) is 4.51. The molecule has 3 rings (SSSR count). The molecule has 2 amide bonds. The number of hydrogen-bond acceptors (Lipinski definition) is 5. The van der Waals surface area contributed by atoms with Crippen molar-refractivity contribution in [2.45, 2.75) is 37.8 Å². The van der Waals surface area contributed by atoms with Crippen LogP contribution >= 0.6 is 15.9 Å². The molecule has 0 aliphatic carbocycles. The lowest BCUT2D eigenvalue weighted by molar-refractivity contribution is -0.140. The second kappa shape index (κ2) is 12.9. The summed E-state index contributed by atoms with van der Waals surface area (Å²) in [6.45, 7) is 3.28. The summed E-state index contributed by atoms with van der Waals surface area (Å²) in [5.41, 5.74) is 1.99. The Kier molecular flexibility index (Phi) is 9.93. The molecule has 1 atom stereocenters. The van der Waals surface area contributed by atoms with E-state index >= 15 is 0 Å². The van der Waals surface area contributed by atoms with Crippen molar-refractivity contribution in [3.63, 3.8) is 0 Å². The average Bonchev–Trinajstić information content (AvgIpc) is 2.92. The van der Waals surface area contributed by atoms with Gasteiger partial charge in [-0.3, -0.25) is 13.9 Å². The zero-order valence-electron chi connectivity index (χ0n) is 21.8. The second-order valence-corrected chi connectivity index (χ2v) is 11.5. The first-order chi connectivity index (χ1) is 18.1. The van der Waals surface area contributed by atoms with Crippen molar-refractivity contribution in [2.75, 3.05) is 25.0 Å². The maximum Gasteiger partial charge on any atom is 0.264 e. The molecule has 1 N–H and O–H groups in total. The van der Waals surface area contributed by atoms with Crippen molar-refractivity contribution in [1.29, 1.82) is 0 Å². The summed E-state index contributed by atoms with van der Waals surface area (Å²) in [5.74, 6) is -0.233. The van der Waals surface area contributed by atoms with Crippen LogP contribution in [0.15, 0.2) is 82.2 Å². The molecule has 8 nitrogen and oxygen atoms in total. The quantitative estimate of drug-likeness (QED) is 0.349. The summed E-state index contributed by atoms with van der Waals surface area (Å²) >= 11 is 3.38. The highest BCUT2D eigenvalue weighted by molar-refractivity contribution is 9.10. The third-order valence-corrected chi connectivity index (χ3v) is 8.44. The third-order valence-electron chi connectivity index (χ3n) is 6.12. The Hall–Kier alpha value is -3.37. The third kappa shape index (κ3) is 6.93. The predicted molar refractivity (Wildman–Crippen MR) is 152 cm³/mol. The molecule has 3 aromatic rings. The number of sulfonamides is 1. The van der Waals surface area contributed by atoms with E-state index in [0.717, 1.165) is 19.9 Å². The normalized spacial score (nSPS) is 11.9. The maximum atomic E-state index is 13.9. The first-order valence-electron chi connectivity index (χ1n) is 12.1. The molecule has 0 saturated carbocycles. The van der Waals surface area contributed by atoms with Crippen LogP contribution in [0.25, 0.3) is 0 Å². The van der Waals surface area contributed by atoms with Gasteiger partial charge in [-0.1, -0.05) is 52.7 Å².